The number of carbonyl (C=O) groups is 2. The fourth-order valence-corrected chi connectivity index (χ4v) is 4.00. The summed E-state index contributed by atoms with van der Waals surface area (Å²) in [6, 6.07) is 14.6. The molecule has 6 nitrogen and oxygen atoms in total. The molecule has 0 saturated carbocycles. The zero-order chi connectivity index (χ0) is 20.1. The SMILES string of the molecule is CCOc1ccc(NC(=NC)S[C@@H]2CC(=O)N(c3ccc(Br)cc3)C2=O)cc1. The molecule has 1 atom stereocenters. The lowest BCUT2D eigenvalue weighted by molar-refractivity contribution is -0.121. The molecule has 8 heteroatoms. The first-order chi connectivity index (χ1) is 13.5. The van der Waals surface area contributed by atoms with Crippen LogP contribution in [0.2, 0.25) is 0 Å². The number of amides is 2. The van der Waals surface area contributed by atoms with Gasteiger partial charge in [0.05, 0.1) is 12.3 Å². The molecule has 0 aliphatic carbocycles. The zero-order valence-electron chi connectivity index (χ0n) is 15.5. The second-order valence-electron chi connectivity index (χ2n) is 5.97. The monoisotopic (exact) mass is 461 g/mol. The predicted octanol–water partition coefficient (Wildman–Crippen LogP) is 4.31. The van der Waals surface area contributed by atoms with Gasteiger partial charge in [0.25, 0.3) is 0 Å². The van der Waals surface area contributed by atoms with Crippen molar-refractivity contribution in [2.75, 3.05) is 23.9 Å². The molecule has 0 radical (unpaired) electrons. The number of halogens is 1. The third-order valence-corrected chi connectivity index (χ3v) is 5.75. The molecule has 1 aliphatic heterocycles. The van der Waals surface area contributed by atoms with Gasteiger partial charge >= 0.3 is 0 Å². The van der Waals surface area contributed by atoms with Gasteiger partial charge in [0.15, 0.2) is 5.17 Å². The number of thioether (sulfide) groups is 1. The van der Waals surface area contributed by atoms with Crippen molar-refractivity contribution in [1.82, 2.24) is 0 Å². The maximum atomic E-state index is 12.8. The van der Waals surface area contributed by atoms with Gasteiger partial charge in [-0.15, -0.1) is 0 Å². The highest BCUT2D eigenvalue weighted by molar-refractivity contribution is 9.10. The molecule has 0 spiro atoms. The quantitative estimate of drug-likeness (QED) is 0.408. The Kier molecular flexibility index (Phi) is 6.74. The number of nitrogens with zero attached hydrogens (tertiary/aromatic N) is 2. The smallest absolute Gasteiger partial charge is 0.247 e. The Bertz CT molecular complexity index is 885. The molecule has 146 valence electrons. The molecule has 28 heavy (non-hydrogen) atoms. The lowest BCUT2D eigenvalue weighted by Crippen LogP contribution is -2.31. The summed E-state index contributed by atoms with van der Waals surface area (Å²) in [7, 11) is 1.65. The molecule has 0 bridgehead atoms. The summed E-state index contributed by atoms with van der Waals surface area (Å²) in [5, 5.41) is 3.26. The summed E-state index contributed by atoms with van der Waals surface area (Å²) in [6.07, 6.45) is 0.142. The first-order valence-electron chi connectivity index (χ1n) is 8.77. The number of anilines is 2. The molecular formula is C20H20BrN3O3S. The number of hydrogen-bond acceptors (Lipinski definition) is 5. The molecule has 2 aromatic rings. The summed E-state index contributed by atoms with van der Waals surface area (Å²) >= 11 is 4.62. The molecule has 0 aromatic heterocycles. The van der Waals surface area contributed by atoms with Crippen LogP contribution in [-0.4, -0.2) is 35.9 Å². The Labute approximate surface area is 176 Å². The van der Waals surface area contributed by atoms with E-state index in [1.54, 1.807) is 19.2 Å². The van der Waals surface area contributed by atoms with Crippen molar-refractivity contribution in [2.24, 2.45) is 4.99 Å². The van der Waals surface area contributed by atoms with Gasteiger partial charge in [0.2, 0.25) is 11.8 Å². The minimum Gasteiger partial charge on any atom is -0.494 e. The fourth-order valence-electron chi connectivity index (χ4n) is 2.76. The van der Waals surface area contributed by atoms with E-state index in [1.165, 1.54) is 16.7 Å². The van der Waals surface area contributed by atoms with E-state index in [0.717, 1.165) is 15.9 Å². The van der Waals surface area contributed by atoms with Crippen molar-refractivity contribution in [3.05, 3.63) is 53.0 Å². The van der Waals surface area contributed by atoms with Crippen molar-refractivity contribution < 1.29 is 14.3 Å². The Hall–Kier alpha value is -2.32. The molecular weight excluding hydrogens is 442 g/mol. The molecule has 0 unspecified atom stereocenters. The van der Waals surface area contributed by atoms with Crippen molar-refractivity contribution in [3.63, 3.8) is 0 Å². The van der Waals surface area contributed by atoms with Gasteiger partial charge in [0.1, 0.15) is 11.0 Å². The number of amidine groups is 1. The second kappa shape index (κ2) is 9.25. The maximum Gasteiger partial charge on any atom is 0.247 e. The van der Waals surface area contributed by atoms with Crippen molar-refractivity contribution in [2.45, 2.75) is 18.6 Å². The van der Waals surface area contributed by atoms with Crippen LogP contribution >= 0.6 is 27.7 Å². The minimum absolute atomic E-state index is 0.142. The van der Waals surface area contributed by atoms with Crippen molar-refractivity contribution in [3.8, 4) is 5.75 Å². The second-order valence-corrected chi connectivity index (χ2v) is 8.07. The van der Waals surface area contributed by atoms with Crippen molar-refractivity contribution in [1.29, 1.82) is 0 Å². The van der Waals surface area contributed by atoms with E-state index in [9.17, 15) is 9.59 Å². The number of ether oxygens (including phenoxy) is 1. The first kappa shape index (κ1) is 20.4. The van der Waals surface area contributed by atoms with Crippen LogP contribution in [0.15, 0.2) is 58.0 Å². The first-order valence-corrected chi connectivity index (χ1v) is 10.4. The summed E-state index contributed by atoms with van der Waals surface area (Å²) in [4.78, 5) is 30.7. The van der Waals surface area contributed by atoms with Gasteiger partial charge in [-0.25, -0.2) is 4.90 Å². The molecule has 2 amide bonds. The van der Waals surface area contributed by atoms with Gasteiger partial charge in [-0.05, 0) is 55.5 Å². The third kappa shape index (κ3) is 4.74. The van der Waals surface area contributed by atoms with E-state index >= 15 is 0 Å². The average Bonchev–Trinajstić information content (AvgIpc) is 2.97. The van der Waals surface area contributed by atoms with Crippen LogP contribution in [0.4, 0.5) is 11.4 Å². The van der Waals surface area contributed by atoms with Crippen LogP contribution in [0.25, 0.3) is 0 Å². The molecule has 1 aliphatic rings. The van der Waals surface area contributed by atoms with E-state index in [4.69, 9.17) is 4.74 Å². The summed E-state index contributed by atoms with van der Waals surface area (Å²) < 4.78 is 6.32. The maximum absolute atomic E-state index is 12.8. The number of benzene rings is 2. The molecule has 3 rings (SSSR count). The van der Waals surface area contributed by atoms with Gasteiger partial charge in [-0.1, -0.05) is 27.7 Å². The summed E-state index contributed by atoms with van der Waals surface area (Å²) in [5.74, 6) is 0.353. The van der Waals surface area contributed by atoms with Gasteiger partial charge in [-0.3, -0.25) is 14.6 Å². The van der Waals surface area contributed by atoms with Crippen LogP contribution < -0.4 is 15.0 Å². The van der Waals surface area contributed by atoms with E-state index in [-0.39, 0.29) is 18.2 Å². The lowest BCUT2D eigenvalue weighted by Gasteiger charge is -2.16. The highest BCUT2D eigenvalue weighted by Gasteiger charge is 2.40. The zero-order valence-corrected chi connectivity index (χ0v) is 17.9. The van der Waals surface area contributed by atoms with Crippen molar-refractivity contribution >= 4 is 56.0 Å². The third-order valence-electron chi connectivity index (χ3n) is 4.06. The number of carbonyl (C=O) groups excluding carboxylic acids is 2. The Morgan fingerprint density at radius 1 is 1.21 bits per heavy atom. The molecule has 2 aromatic carbocycles. The Morgan fingerprint density at radius 3 is 2.50 bits per heavy atom. The lowest BCUT2D eigenvalue weighted by atomic mass is 10.3. The fraction of sp³-hybridized carbons (Fsp3) is 0.250. The topological polar surface area (TPSA) is 71.0 Å². The molecule has 1 fully saturated rings. The minimum atomic E-state index is -0.509. The number of rotatable bonds is 5. The number of imide groups is 1. The standard InChI is InChI=1S/C20H20BrN3O3S/c1-3-27-16-10-6-14(7-11-16)23-20(22-2)28-17-12-18(25)24(19(17)26)15-8-4-13(21)5-9-15/h4-11,17H,3,12H2,1-2H3,(H,22,23)/t17-/m1/s1. The van der Waals surface area contributed by atoms with Gasteiger partial charge in [-0.2, -0.15) is 0 Å². The van der Waals surface area contributed by atoms with Crippen LogP contribution in [0.5, 0.6) is 5.75 Å². The summed E-state index contributed by atoms with van der Waals surface area (Å²) in [6.45, 7) is 2.54. The normalized spacial score (nSPS) is 17.2. The molecule has 1 saturated heterocycles. The van der Waals surface area contributed by atoms with E-state index < -0.39 is 5.25 Å². The number of aliphatic imine (C=N–C) groups is 1. The van der Waals surface area contributed by atoms with Gasteiger partial charge < -0.3 is 10.1 Å². The highest BCUT2D eigenvalue weighted by Crippen LogP contribution is 2.31. The Morgan fingerprint density at radius 2 is 1.89 bits per heavy atom. The van der Waals surface area contributed by atoms with Crippen LogP contribution in [0, 0.1) is 0 Å². The molecule has 1 N–H and O–H groups in total. The van der Waals surface area contributed by atoms with Crippen LogP contribution in [-0.2, 0) is 9.59 Å². The number of nitrogens with one attached hydrogen (secondary N) is 1. The number of hydrogen-bond donors (Lipinski definition) is 1. The van der Waals surface area contributed by atoms with Crippen LogP contribution in [0.3, 0.4) is 0 Å². The van der Waals surface area contributed by atoms with E-state index in [0.29, 0.717) is 17.5 Å². The van der Waals surface area contributed by atoms with Crippen LogP contribution in [0.1, 0.15) is 13.3 Å². The average molecular weight is 462 g/mol. The molecule has 1 heterocycles. The Balaban J connectivity index is 1.67. The summed E-state index contributed by atoms with van der Waals surface area (Å²) in [5.41, 5.74) is 1.41. The van der Waals surface area contributed by atoms with Gasteiger partial charge in [0, 0.05) is 23.6 Å². The highest BCUT2D eigenvalue weighted by atomic mass is 79.9. The predicted molar refractivity (Wildman–Crippen MR) is 117 cm³/mol. The van der Waals surface area contributed by atoms with E-state index in [1.807, 2.05) is 43.3 Å². The van der Waals surface area contributed by atoms with E-state index in [2.05, 4.69) is 26.2 Å². The largest absolute Gasteiger partial charge is 0.494 e.